The Balaban J connectivity index is 1.81. The molecule has 2 aliphatic rings. The molecule has 0 fully saturated rings. The van der Waals surface area contributed by atoms with E-state index in [0.29, 0.717) is 37.4 Å². The second-order valence-corrected chi connectivity index (χ2v) is 10.1. The van der Waals surface area contributed by atoms with Crippen LogP contribution in [-0.4, -0.2) is 29.3 Å². The number of rotatable bonds is 4. The molecule has 9 heteroatoms. The molecule has 0 aliphatic carbocycles. The van der Waals surface area contributed by atoms with E-state index in [2.05, 4.69) is 10.3 Å². The van der Waals surface area contributed by atoms with Gasteiger partial charge in [-0.1, -0.05) is 35.1 Å². The molecular formula is C26H23N3O4S2. The summed E-state index contributed by atoms with van der Waals surface area (Å²) in [7, 11) is 0. The Morgan fingerprint density at radius 3 is 2.60 bits per heavy atom. The van der Waals surface area contributed by atoms with Gasteiger partial charge >= 0.3 is 5.97 Å². The fourth-order valence-corrected chi connectivity index (χ4v) is 6.00. The largest absolute Gasteiger partial charge is 0.463 e. The molecule has 0 unspecified atom stereocenters. The molecule has 178 valence electrons. The van der Waals surface area contributed by atoms with Crippen molar-refractivity contribution in [2.75, 3.05) is 18.2 Å². The van der Waals surface area contributed by atoms with Crippen LogP contribution in [0.1, 0.15) is 36.6 Å². The molecule has 0 saturated carbocycles. The number of thioether (sulfide) groups is 1. The Hall–Kier alpha value is -3.43. The molecule has 1 atom stereocenters. The number of carbonyl (C=O) groups is 2. The molecule has 0 spiro atoms. The van der Waals surface area contributed by atoms with Crippen LogP contribution in [0.25, 0.3) is 5.57 Å². The minimum Gasteiger partial charge on any atom is -0.463 e. The second-order valence-electron chi connectivity index (χ2n) is 8.27. The lowest BCUT2D eigenvalue weighted by atomic mass is 9.96. The lowest BCUT2D eigenvalue weighted by Gasteiger charge is -2.24. The highest BCUT2D eigenvalue weighted by molar-refractivity contribution is 7.98. The zero-order valence-electron chi connectivity index (χ0n) is 19.7. The Bertz CT molecular complexity index is 1600. The van der Waals surface area contributed by atoms with Gasteiger partial charge in [-0.15, -0.1) is 11.8 Å². The number of nitrogens with zero attached hydrogens (tertiary/aromatic N) is 2. The monoisotopic (exact) mass is 505 g/mol. The third-order valence-corrected chi connectivity index (χ3v) is 7.87. The van der Waals surface area contributed by atoms with Crippen LogP contribution >= 0.6 is 23.1 Å². The molecule has 35 heavy (non-hydrogen) atoms. The van der Waals surface area contributed by atoms with Gasteiger partial charge in [-0.2, -0.15) is 0 Å². The number of esters is 1. The number of aromatic nitrogens is 1. The fourth-order valence-electron chi connectivity index (χ4n) is 4.45. The molecule has 3 aromatic rings. The van der Waals surface area contributed by atoms with E-state index in [0.717, 1.165) is 27.4 Å². The first-order valence-electron chi connectivity index (χ1n) is 11.1. The van der Waals surface area contributed by atoms with Crippen molar-refractivity contribution in [1.82, 2.24) is 4.57 Å². The number of hydrogen-bond acceptors (Lipinski definition) is 7. The Morgan fingerprint density at radius 2 is 1.91 bits per heavy atom. The number of fused-ring (bicyclic) bond motifs is 2. The molecule has 1 amide bonds. The number of amides is 1. The molecule has 1 N–H and O–H groups in total. The van der Waals surface area contributed by atoms with E-state index in [9.17, 15) is 14.4 Å². The Kier molecular flexibility index (Phi) is 5.98. The molecule has 0 bridgehead atoms. The first-order valence-corrected chi connectivity index (χ1v) is 13.2. The van der Waals surface area contributed by atoms with Crippen LogP contribution in [0.15, 0.2) is 68.4 Å². The quantitative estimate of drug-likeness (QED) is 0.435. The van der Waals surface area contributed by atoms with Crippen LogP contribution in [0.3, 0.4) is 0 Å². The van der Waals surface area contributed by atoms with Gasteiger partial charge in [0.2, 0.25) is 0 Å². The zero-order chi connectivity index (χ0) is 24.9. The van der Waals surface area contributed by atoms with Crippen LogP contribution in [0.4, 0.5) is 5.69 Å². The van der Waals surface area contributed by atoms with Crippen molar-refractivity contribution in [1.29, 1.82) is 0 Å². The molecule has 2 aliphatic heterocycles. The predicted octanol–water partition coefficient (Wildman–Crippen LogP) is 3.15. The first kappa shape index (κ1) is 23.3. The topological polar surface area (TPSA) is 89.8 Å². The average molecular weight is 506 g/mol. The normalized spacial score (nSPS) is 18.1. The van der Waals surface area contributed by atoms with Crippen molar-refractivity contribution in [2.45, 2.75) is 31.7 Å². The van der Waals surface area contributed by atoms with E-state index >= 15 is 0 Å². The molecule has 7 nitrogen and oxygen atoms in total. The standard InChI is InChI=1S/C26H23N3O4S2/c1-5-33-25(32)19-14(3)27-26-29(21(19)15-7-9-16(34-4)10-8-15)24(31)22(35-26)20-17-12-13(2)6-11-18(17)28-23(20)30/h6-12,21H,5H2,1-4H3,(H,28,30)/b22-20-/t21-/m1/s1. The van der Waals surface area contributed by atoms with Crippen molar-refractivity contribution >= 4 is 46.2 Å². The highest BCUT2D eigenvalue weighted by atomic mass is 32.2. The number of carbonyl (C=O) groups excluding carboxylic acids is 2. The molecule has 2 aromatic carbocycles. The number of allylic oxidation sites excluding steroid dienone is 1. The molecule has 0 radical (unpaired) electrons. The summed E-state index contributed by atoms with van der Waals surface area (Å²) in [4.78, 5) is 46.0. The number of benzene rings is 2. The summed E-state index contributed by atoms with van der Waals surface area (Å²) in [6.07, 6.45) is 1.99. The number of aryl methyl sites for hydroxylation is 1. The van der Waals surface area contributed by atoms with Gasteiger partial charge in [0.25, 0.3) is 11.5 Å². The summed E-state index contributed by atoms with van der Waals surface area (Å²) in [5.41, 5.74) is 3.91. The highest BCUT2D eigenvalue weighted by Gasteiger charge is 2.35. The van der Waals surface area contributed by atoms with Crippen molar-refractivity contribution in [2.24, 2.45) is 4.99 Å². The van der Waals surface area contributed by atoms with E-state index in [4.69, 9.17) is 4.74 Å². The van der Waals surface area contributed by atoms with Crippen molar-refractivity contribution in [3.63, 3.8) is 0 Å². The number of thiazole rings is 1. The molecule has 0 saturated heterocycles. The summed E-state index contributed by atoms with van der Waals surface area (Å²) >= 11 is 2.77. The lowest BCUT2D eigenvalue weighted by molar-refractivity contribution is -0.139. The van der Waals surface area contributed by atoms with Crippen molar-refractivity contribution < 1.29 is 14.3 Å². The van der Waals surface area contributed by atoms with Crippen LogP contribution < -0.4 is 20.2 Å². The van der Waals surface area contributed by atoms with E-state index in [-0.39, 0.29) is 18.1 Å². The molecule has 3 heterocycles. The first-order chi connectivity index (χ1) is 16.8. The van der Waals surface area contributed by atoms with Crippen LogP contribution in [0.5, 0.6) is 0 Å². The van der Waals surface area contributed by atoms with E-state index in [1.165, 1.54) is 4.57 Å². The number of anilines is 1. The summed E-state index contributed by atoms with van der Waals surface area (Å²) in [6.45, 7) is 5.64. The van der Waals surface area contributed by atoms with Gasteiger partial charge in [0.05, 0.1) is 29.5 Å². The van der Waals surface area contributed by atoms with Gasteiger partial charge in [0.1, 0.15) is 4.53 Å². The maximum Gasteiger partial charge on any atom is 0.338 e. The summed E-state index contributed by atoms with van der Waals surface area (Å²) in [5, 5.41) is 2.85. The fraction of sp³-hybridized carbons (Fsp3) is 0.231. The molecule has 1 aromatic heterocycles. The summed E-state index contributed by atoms with van der Waals surface area (Å²) < 4.78 is 7.16. The maximum absolute atomic E-state index is 13.9. The van der Waals surface area contributed by atoms with Crippen LogP contribution in [0.2, 0.25) is 0 Å². The highest BCUT2D eigenvalue weighted by Crippen LogP contribution is 2.33. The zero-order valence-corrected chi connectivity index (χ0v) is 21.3. The van der Waals surface area contributed by atoms with E-state index in [1.54, 1.807) is 25.6 Å². The van der Waals surface area contributed by atoms with Crippen molar-refractivity contribution in [3.8, 4) is 0 Å². The third-order valence-electron chi connectivity index (χ3n) is 6.07. The SMILES string of the molecule is CCOC(=O)C1=C(C)N=c2s/c(=C3\C(=O)Nc4ccc(C)cc43)c(=O)n2[C@@H]1c1ccc(SC)cc1. The van der Waals surface area contributed by atoms with Gasteiger partial charge in [0.15, 0.2) is 4.80 Å². The van der Waals surface area contributed by atoms with Crippen molar-refractivity contribution in [3.05, 3.63) is 90.1 Å². The maximum atomic E-state index is 13.9. The van der Waals surface area contributed by atoms with Crippen LogP contribution in [0, 0.1) is 6.92 Å². The second kappa shape index (κ2) is 8.98. The van der Waals surface area contributed by atoms with Gasteiger partial charge in [0, 0.05) is 16.1 Å². The molecule has 5 rings (SSSR count). The van der Waals surface area contributed by atoms with E-state index in [1.807, 2.05) is 55.6 Å². The van der Waals surface area contributed by atoms with Gasteiger partial charge in [-0.05, 0) is 56.9 Å². The Morgan fingerprint density at radius 1 is 1.17 bits per heavy atom. The van der Waals surface area contributed by atoms with Gasteiger partial charge in [-0.25, -0.2) is 9.79 Å². The number of ether oxygens (including phenoxy) is 1. The van der Waals surface area contributed by atoms with Gasteiger partial charge in [-0.3, -0.25) is 14.2 Å². The third kappa shape index (κ3) is 3.84. The predicted molar refractivity (Wildman–Crippen MR) is 137 cm³/mol. The minimum absolute atomic E-state index is 0.207. The number of hydrogen-bond donors (Lipinski definition) is 1. The van der Waals surface area contributed by atoms with Crippen LogP contribution in [-0.2, 0) is 14.3 Å². The Labute approximate surface area is 209 Å². The smallest absolute Gasteiger partial charge is 0.338 e. The summed E-state index contributed by atoms with van der Waals surface area (Å²) in [6, 6.07) is 12.7. The lowest BCUT2D eigenvalue weighted by Crippen LogP contribution is -2.40. The average Bonchev–Trinajstić information content (AvgIpc) is 3.33. The minimum atomic E-state index is -0.711. The molecular weight excluding hydrogens is 482 g/mol. The van der Waals surface area contributed by atoms with Gasteiger partial charge < -0.3 is 10.1 Å². The number of nitrogens with one attached hydrogen (secondary N) is 1. The van der Waals surface area contributed by atoms with E-state index < -0.39 is 12.0 Å². The summed E-state index contributed by atoms with van der Waals surface area (Å²) in [5.74, 6) is -0.830.